The molecule has 0 unspecified atom stereocenters. The van der Waals surface area contributed by atoms with Crippen LogP contribution in [0.4, 0.5) is 10.5 Å². The highest BCUT2D eigenvalue weighted by molar-refractivity contribution is 6.01. The molecule has 146 valence electrons. The molecule has 29 heavy (non-hydrogen) atoms. The van der Waals surface area contributed by atoms with Crippen molar-refractivity contribution in [3.8, 4) is 0 Å². The number of fused-ring (bicyclic) bond motifs is 2. The van der Waals surface area contributed by atoms with Gasteiger partial charge in [0.05, 0.1) is 16.7 Å². The normalized spacial score (nSPS) is 15.1. The maximum atomic E-state index is 12.8. The third kappa shape index (κ3) is 3.16. The van der Waals surface area contributed by atoms with E-state index in [4.69, 9.17) is 0 Å². The third-order valence-electron chi connectivity index (χ3n) is 5.77. The number of aromatic amines is 1. The summed E-state index contributed by atoms with van der Waals surface area (Å²) in [5, 5.41) is 5.19. The number of carbonyl (C=O) groups is 1. The Morgan fingerprint density at radius 2 is 1.66 bits per heavy atom. The second-order valence-electron chi connectivity index (χ2n) is 7.49. The van der Waals surface area contributed by atoms with Gasteiger partial charge in [-0.1, -0.05) is 48.5 Å². The quantitative estimate of drug-likeness (QED) is 0.538. The Kier molecular flexibility index (Phi) is 4.31. The molecule has 2 amide bonds. The molecule has 0 saturated carbocycles. The van der Waals surface area contributed by atoms with Crippen LogP contribution in [-0.2, 0) is 0 Å². The van der Waals surface area contributed by atoms with Crippen molar-refractivity contribution in [3.05, 3.63) is 77.2 Å². The van der Waals surface area contributed by atoms with Crippen molar-refractivity contribution in [2.45, 2.75) is 18.9 Å². The van der Waals surface area contributed by atoms with Crippen molar-refractivity contribution in [3.63, 3.8) is 0 Å². The summed E-state index contributed by atoms with van der Waals surface area (Å²) in [4.78, 5) is 30.0. The molecule has 1 aliphatic rings. The van der Waals surface area contributed by atoms with E-state index >= 15 is 0 Å². The lowest BCUT2D eigenvalue weighted by atomic mass is 10.0. The van der Waals surface area contributed by atoms with Gasteiger partial charge in [-0.15, -0.1) is 0 Å². The van der Waals surface area contributed by atoms with Crippen LogP contribution in [0.2, 0.25) is 0 Å². The second-order valence-corrected chi connectivity index (χ2v) is 7.49. The van der Waals surface area contributed by atoms with Crippen LogP contribution >= 0.6 is 0 Å². The Hall–Kier alpha value is -3.54. The molecule has 5 rings (SSSR count). The summed E-state index contributed by atoms with van der Waals surface area (Å²) >= 11 is 0. The van der Waals surface area contributed by atoms with Gasteiger partial charge in [0.25, 0.3) is 0 Å². The SMILES string of the molecule is O=C(Nc1cccc2ccccc12)N1CCC(n2c(=O)[nH]c3ccccc32)CC1. The third-order valence-corrected chi connectivity index (χ3v) is 5.77. The van der Waals surface area contributed by atoms with E-state index in [-0.39, 0.29) is 17.8 Å². The Balaban J connectivity index is 1.31. The van der Waals surface area contributed by atoms with Gasteiger partial charge in [0, 0.05) is 24.5 Å². The van der Waals surface area contributed by atoms with Gasteiger partial charge in [-0.2, -0.15) is 0 Å². The van der Waals surface area contributed by atoms with Crippen molar-refractivity contribution < 1.29 is 4.79 Å². The molecule has 3 aromatic carbocycles. The number of H-pyrrole nitrogens is 1. The Morgan fingerprint density at radius 1 is 0.931 bits per heavy atom. The first-order chi connectivity index (χ1) is 14.2. The number of likely N-dealkylation sites (tertiary alicyclic amines) is 1. The number of hydrogen-bond acceptors (Lipinski definition) is 2. The van der Waals surface area contributed by atoms with E-state index in [1.165, 1.54) is 0 Å². The lowest BCUT2D eigenvalue weighted by Crippen LogP contribution is -2.42. The molecule has 0 aliphatic carbocycles. The van der Waals surface area contributed by atoms with Crippen molar-refractivity contribution in [2.75, 3.05) is 18.4 Å². The number of carbonyl (C=O) groups excluding carboxylic acids is 1. The molecule has 2 heterocycles. The minimum Gasteiger partial charge on any atom is -0.324 e. The van der Waals surface area contributed by atoms with Gasteiger partial charge in [0.2, 0.25) is 0 Å². The van der Waals surface area contributed by atoms with Crippen LogP contribution in [0.3, 0.4) is 0 Å². The van der Waals surface area contributed by atoms with Gasteiger partial charge in [-0.25, -0.2) is 9.59 Å². The van der Waals surface area contributed by atoms with E-state index in [0.717, 1.165) is 40.3 Å². The number of benzene rings is 3. The van der Waals surface area contributed by atoms with Crippen LogP contribution in [-0.4, -0.2) is 33.6 Å². The smallest absolute Gasteiger partial charge is 0.324 e. The maximum Gasteiger partial charge on any atom is 0.326 e. The fourth-order valence-corrected chi connectivity index (χ4v) is 4.29. The minimum absolute atomic E-state index is 0.0788. The van der Waals surface area contributed by atoms with Crippen LogP contribution in [0.25, 0.3) is 21.8 Å². The van der Waals surface area contributed by atoms with Gasteiger partial charge in [0.15, 0.2) is 0 Å². The largest absolute Gasteiger partial charge is 0.326 e. The van der Waals surface area contributed by atoms with Crippen molar-refractivity contribution in [2.24, 2.45) is 0 Å². The highest BCUT2D eigenvalue weighted by atomic mass is 16.2. The van der Waals surface area contributed by atoms with E-state index in [1.54, 1.807) is 0 Å². The number of rotatable bonds is 2. The topological polar surface area (TPSA) is 70.1 Å². The predicted octanol–water partition coefficient (Wildman–Crippen LogP) is 4.35. The van der Waals surface area contributed by atoms with Crippen molar-refractivity contribution in [1.82, 2.24) is 14.5 Å². The Labute approximate surface area is 167 Å². The fraction of sp³-hybridized carbons (Fsp3) is 0.217. The summed E-state index contributed by atoms with van der Waals surface area (Å²) in [5.41, 5.74) is 2.53. The molecule has 2 N–H and O–H groups in total. The molecule has 6 nitrogen and oxygen atoms in total. The first-order valence-corrected chi connectivity index (χ1v) is 9.93. The molecule has 1 aliphatic heterocycles. The molecule has 0 bridgehead atoms. The van der Waals surface area contributed by atoms with Crippen molar-refractivity contribution >= 4 is 33.5 Å². The minimum atomic E-state index is -0.0916. The predicted molar refractivity (Wildman–Crippen MR) is 115 cm³/mol. The lowest BCUT2D eigenvalue weighted by molar-refractivity contribution is 0.184. The molecule has 1 fully saturated rings. The molecule has 0 radical (unpaired) electrons. The molecule has 4 aromatic rings. The van der Waals surface area contributed by atoms with Gasteiger partial charge in [-0.3, -0.25) is 4.57 Å². The molecular weight excluding hydrogens is 364 g/mol. The lowest BCUT2D eigenvalue weighted by Gasteiger charge is -2.32. The van der Waals surface area contributed by atoms with E-state index in [2.05, 4.69) is 10.3 Å². The summed E-state index contributed by atoms with van der Waals surface area (Å²) in [6.07, 6.45) is 1.51. The Morgan fingerprint density at radius 3 is 2.52 bits per heavy atom. The van der Waals surface area contributed by atoms with Gasteiger partial charge >= 0.3 is 11.7 Å². The van der Waals surface area contributed by atoms with Crippen LogP contribution in [0.5, 0.6) is 0 Å². The number of piperidine rings is 1. The van der Waals surface area contributed by atoms with E-state index < -0.39 is 0 Å². The number of aromatic nitrogens is 2. The molecular formula is C23H22N4O2. The zero-order valence-electron chi connectivity index (χ0n) is 16.0. The fourth-order valence-electron chi connectivity index (χ4n) is 4.29. The second kappa shape index (κ2) is 7.13. The zero-order valence-corrected chi connectivity index (χ0v) is 16.0. The first-order valence-electron chi connectivity index (χ1n) is 9.93. The highest BCUT2D eigenvalue weighted by Gasteiger charge is 2.26. The molecule has 1 aromatic heterocycles. The standard InChI is InChI=1S/C23H22N4O2/c28-22(24-19-10-5-7-16-6-1-2-8-18(16)19)26-14-12-17(13-15-26)27-21-11-4-3-9-20(21)25-23(27)29/h1-11,17H,12-15H2,(H,24,28)(H,25,29). The summed E-state index contributed by atoms with van der Waals surface area (Å²) in [5.74, 6) is 0. The molecule has 0 atom stereocenters. The number of nitrogens with one attached hydrogen (secondary N) is 2. The van der Waals surface area contributed by atoms with E-state index in [1.807, 2.05) is 76.2 Å². The number of urea groups is 1. The number of anilines is 1. The Bertz CT molecular complexity index is 1240. The molecule has 0 spiro atoms. The summed E-state index contributed by atoms with van der Waals surface area (Å²) < 4.78 is 1.84. The first kappa shape index (κ1) is 17.6. The molecule has 1 saturated heterocycles. The van der Waals surface area contributed by atoms with Crippen LogP contribution < -0.4 is 11.0 Å². The number of amides is 2. The van der Waals surface area contributed by atoms with E-state index in [9.17, 15) is 9.59 Å². The number of para-hydroxylation sites is 2. The van der Waals surface area contributed by atoms with Gasteiger partial charge in [-0.05, 0) is 36.4 Å². The zero-order chi connectivity index (χ0) is 19.8. The van der Waals surface area contributed by atoms with Crippen LogP contribution in [0, 0.1) is 0 Å². The van der Waals surface area contributed by atoms with Gasteiger partial charge < -0.3 is 15.2 Å². The van der Waals surface area contributed by atoms with E-state index in [0.29, 0.717) is 13.1 Å². The average Bonchev–Trinajstić information content (AvgIpc) is 3.10. The number of nitrogens with zero attached hydrogens (tertiary/aromatic N) is 2. The molecule has 6 heteroatoms. The highest BCUT2D eigenvalue weighted by Crippen LogP contribution is 2.27. The van der Waals surface area contributed by atoms with Crippen LogP contribution in [0.15, 0.2) is 71.5 Å². The summed E-state index contributed by atoms with van der Waals surface area (Å²) in [6.45, 7) is 1.24. The summed E-state index contributed by atoms with van der Waals surface area (Å²) in [7, 11) is 0. The average molecular weight is 386 g/mol. The van der Waals surface area contributed by atoms with Gasteiger partial charge in [0.1, 0.15) is 0 Å². The number of imidazole rings is 1. The monoisotopic (exact) mass is 386 g/mol. The van der Waals surface area contributed by atoms with Crippen molar-refractivity contribution in [1.29, 1.82) is 0 Å². The summed E-state index contributed by atoms with van der Waals surface area (Å²) in [6, 6.07) is 21.7. The maximum absolute atomic E-state index is 12.8. The van der Waals surface area contributed by atoms with Crippen LogP contribution in [0.1, 0.15) is 18.9 Å². The number of hydrogen-bond donors (Lipinski definition) is 2.